The molecule has 0 amide bonds. The van der Waals surface area contributed by atoms with Crippen LogP contribution in [0.4, 0.5) is 13.2 Å². The van der Waals surface area contributed by atoms with Crippen molar-refractivity contribution in [1.29, 1.82) is 0 Å². The third-order valence-corrected chi connectivity index (χ3v) is 20.5. The highest BCUT2D eigenvalue weighted by atomic mass is 35.5. The third-order valence-electron chi connectivity index (χ3n) is 16.7. The molecule has 0 aliphatic carbocycles. The van der Waals surface area contributed by atoms with Crippen LogP contribution >= 0.6 is 45.6 Å². The molecule has 648 valence electrons. The van der Waals surface area contributed by atoms with Gasteiger partial charge in [-0.1, -0.05) is 222 Å². The van der Waals surface area contributed by atoms with Crippen LogP contribution in [0.3, 0.4) is 0 Å². The molecule has 0 atom stereocenters. The van der Waals surface area contributed by atoms with Crippen LogP contribution in [0.15, 0.2) is 222 Å². The van der Waals surface area contributed by atoms with Crippen molar-refractivity contribution in [3.05, 3.63) is 318 Å². The minimum Gasteiger partial charge on any atom is -0.448 e. The maximum absolute atomic E-state index is 12.8. The van der Waals surface area contributed by atoms with Crippen molar-refractivity contribution in [2.75, 3.05) is 0 Å². The number of oxazole rings is 1. The van der Waals surface area contributed by atoms with Crippen LogP contribution in [0.1, 0.15) is 340 Å². The molecule has 0 aromatic carbocycles. The van der Waals surface area contributed by atoms with Gasteiger partial charge in [0.2, 0.25) is 0 Å². The molecule has 0 aliphatic heterocycles. The Balaban J connectivity index is 0.000000645. The lowest BCUT2D eigenvalue weighted by molar-refractivity contribution is 0.371. The Labute approximate surface area is 729 Å². The van der Waals surface area contributed by atoms with Gasteiger partial charge in [-0.25, -0.2) is 28.1 Å². The fraction of sp³-hybridized carbons (Fsp3) is 0.443. The number of nitrogens with zero attached hydrogens (tertiary/aromatic N) is 13. The Morgan fingerprint density at radius 3 is 1.32 bits per heavy atom. The largest absolute Gasteiger partial charge is 0.448 e. The van der Waals surface area contributed by atoms with Crippen LogP contribution in [-0.4, -0.2) is 64.8 Å². The second-order valence-corrected chi connectivity index (χ2v) is 36.0. The van der Waals surface area contributed by atoms with E-state index < -0.39 is 0 Å². The van der Waals surface area contributed by atoms with Gasteiger partial charge in [0, 0.05) is 126 Å². The van der Waals surface area contributed by atoms with Crippen LogP contribution in [0, 0.1) is 31.3 Å². The minimum atomic E-state index is -0.274. The highest BCUT2D eigenvalue weighted by Gasteiger charge is 2.13. The summed E-state index contributed by atoms with van der Waals surface area (Å²) in [7, 11) is 1.94. The van der Waals surface area contributed by atoms with Gasteiger partial charge in [-0.3, -0.25) is 39.6 Å². The lowest BCUT2D eigenvalue weighted by Gasteiger charge is -2.17. The number of thiazole rings is 2. The van der Waals surface area contributed by atoms with Crippen molar-refractivity contribution >= 4 is 45.6 Å². The summed E-state index contributed by atoms with van der Waals surface area (Å²) in [6.07, 6.45) is 30.4. The molecule has 0 saturated heterocycles. The molecule has 0 spiro atoms. The van der Waals surface area contributed by atoms with Crippen molar-refractivity contribution in [3.63, 3.8) is 0 Å². The fourth-order valence-corrected chi connectivity index (χ4v) is 11.9. The van der Waals surface area contributed by atoms with E-state index in [2.05, 4.69) is 255 Å². The summed E-state index contributed by atoms with van der Waals surface area (Å²) in [6.45, 7) is 61.3. The van der Waals surface area contributed by atoms with Crippen molar-refractivity contribution in [1.82, 2.24) is 64.8 Å². The quantitative estimate of drug-likeness (QED) is 0.112. The molecule has 13 aromatic rings. The van der Waals surface area contributed by atoms with Crippen LogP contribution in [0.2, 0.25) is 5.02 Å². The molecule has 0 aliphatic rings. The number of hydrogen-bond donors (Lipinski definition) is 0. The number of pyridine rings is 7. The molecule has 15 nitrogen and oxygen atoms in total. The molecule has 13 aromatic heterocycles. The fourth-order valence-electron chi connectivity index (χ4n) is 9.35. The van der Waals surface area contributed by atoms with Crippen molar-refractivity contribution in [2.45, 2.75) is 277 Å². The predicted octanol–water partition coefficient (Wildman–Crippen LogP) is 29.8. The van der Waals surface area contributed by atoms with E-state index >= 15 is 0 Å². The maximum atomic E-state index is 12.8. The minimum absolute atomic E-state index is 0.211. The molecule has 13 heterocycles. The molecular weight excluding hydrogens is 1570 g/mol. The van der Waals surface area contributed by atoms with Gasteiger partial charge in [0.15, 0.2) is 6.39 Å². The Morgan fingerprint density at radius 1 is 0.420 bits per heavy atom. The van der Waals surface area contributed by atoms with Gasteiger partial charge in [-0.15, -0.1) is 34.0 Å². The summed E-state index contributed by atoms with van der Waals surface area (Å²) in [4.78, 5) is 42.6. The van der Waals surface area contributed by atoms with E-state index in [-0.39, 0.29) is 28.8 Å². The van der Waals surface area contributed by atoms with Crippen molar-refractivity contribution in [3.8, 4) is 0 Å². The van der Waals surface area contributed by atoms with Gasteiger partial charge >= 0.3 is 0 Å². The maximum Gasteiger partial charge on any atom is 0.180 e. The first-order valence-corrected chi connectivity index (χ1v) is 43.8. The zero-order chi connectivity index (χ0) is 89.7. The van der Waals surface area contributed by atoms with E-state index in [1.54, 1.807) is 60.7 Å². The van der Waals surface area contributed by atoms with Gasteiger partial charge in [0.25, 0.3) is 0 Å². The first kappa shape index (κ1) is 108. The summed E-state index contributed by atoms with van der Waals surface area (Å²) in [5.74, 6) is 7.20. The van der Waals surface area contributed by atoms with E-state index in [1.165, 1.54) is 84.8 Å². The van der Waals surface area contributed by atoms with Gasteiger partial charge in [0.1, 0.15) is 29.0 Å². The van der Waals surface area contributed by atoms with Gasteiger partial charge < -0.3 is 8.94 Å². The SMILES string of the molecule is CC(C)(C)c1ccncc1.CC(C)c1ccc(F)cn1.CC(C)c1ccccn1.CC(C)c1cccnc1.CC(C)c1cccs1.CC(C)c1ccncc1F.CC(C)c1ccno1.CC(C)c1cncc(Cl)c1.CC(C)c1cncc(F)c1.CC(C)c1cnco1.CC(C)c1cnn(C)c1.CC(C)c1nccs1.Cc1nc(C)c(C(C)C)s1. The number of halogens is 4. The number of rotatable bonds is 12. The van der Waals surface area contributed by atoms with Crippen molar-refractivity contribution < 1.29 is 22.1 Å². The zero-order valence-corrected chi connectivity index (χ0v) is 79.7. The van der Waals surface area contributed by atoms with E-state index in [0.717, 1.165) is 34.0 Å². The van der Waals surface area contributed by atoms with Crippen LogP contribution in [0.5, 0.6) is 0 Å². The number of aryl methyl sites for hydroxylation is 3. The lowest BCUT2D eigenvalue weighted by atomic mass is 9.88. The second kappa shape index (κ2) is 60.2. The first-order chi connectivity index (χ1) is 56.1. The van der Waals surface area contributed by atoms with E-state index in [4.69, 9.17) is 20.5 Å². The molecule has 13 rings (SSSR count). The smallest absolute Gasteiger partial charge is 0.180 e. The summed E-state index contributed by atoms with van der Waals surface area (Å²) in [6, 6.07) is 28.6. The Hall–Kier alpha value is -9.28. The molecule has 119 heavy (non-hydrogen) atoms. The van der Waals surface area contributed by atoms with Crippen LogP contribution in [-0.2, 0) is 12.5 Å². The number of aromatic nitrogens is 13. The highest BCUT2D eigenvalue weighted by molar-refractivity contribution is 7.11. The number of hydrogen-bond acceptors (Lipinski definition) is 17. The van der Waals surface area contributed by atoms with Gasteiger partial charge in [0.05, 0.1) is 57.9 Å². The van der Waals surface area contributed by atoms with Crippen LogP contribution in [0.25, 0.3) is 0 Å². The van der Waals surface area contributed by atoms with Crippen LogP contribution < -0.4 is 0 Å². The third kappa shape index (κ3) is 49.2. The van der Waals surface area contributed by atoms with E-state index in [9.17, 15) is 13.2 Å². The Kier molecular flexibility index (Phi) is 54.5. The molecule has 0 radical (unpaired) electrons. The van der Waals surface area contributed by atoms with Gasteiger partial charge in [-0.2, -0.15) is 5.10 Å². The monoisotopic (exact) mass is 1700 g/mol. The second-order valence-electron chi connectivity index (χ2n) is 32.4. The van der Waals surface area contributed by atoms with E-state index in [0.29, 0.717) is 70.1 Å². The molecule has 0 bridgehead atoms. The molecule has 0 saturated carbocycles. The lowest BCUT2D eigenvalue weighted by Crippen LogP contribution is -2.10. The summed E-state index contributed by atoms with van der Waals surface area (Å²) >= 11 is 11.1. The normalized spacial score (nSPS) is 10.5. The van der Waals surface area contributed by atoms with E-state index in [1.807, 2.05) is 167 Å². The first-order valence-electron chi connectivity index (χ1n) is 40.8. The molecule has 22 heteroatoms. The Morgan fingerprint density at radius 2 is 1.02 bits per heavy atom. The summed E-state index contributed by atoms with van der Waals surface area (Å²) < 4.78 is 49.2. The zero-order valence-electron chi connectivity index (χ0n) is 76.5. The predicted molar refractivity (Wildman–Crippen MR) is 497 cm³/mol. The Bertz CT molecular complexity index is 4300. The van der Waals surface area contributed by atoms with Gasteiger partial charge in [-0.05, 0) is 178 Å². The molecular formula is C97H137ClF3N13O2S3. The average Bonchev–Trinajstić information content (AvgIpc) is 1.87. The topological polar surface area (TPSA) is 186 Å². The molecule has 0 unspecified atom stereocenters. The average molecular weight is 1710 g/mol. The van der Waals surface area contributed by atoms with Crippen molar-refractivity contribution in [2.24, 2.45) is 7.05 Å². The highest BCUT2D eigenvalue weighted by Crippen LogP contribution is 2.27. The number of thiophene rings is 1. The molecule has 0 fully saturated rings. The standard InChI is InChI=1S/C9H13N.C8H10ClN.3C8H10FN.C8H13NS.2C8H11N.C7H12N2.C7H10S.2C6H9NO.C6H9NS/c1-9(2,3)8-4-6-10-7-5-8;2*1-6(2)7-3-8(9)5-10-4-7;1-6(2)7-3-4-10-5-8(7)9;1-6(2)8-4-3-7(9)5-10-8;1-5(2)8-6(3)9-7(4)10-8;1-7(2)8-4-3-5-9-6-8;1-7(2)8-5-3-4-6-9-8;1-6(2)7-4-8-9(3)5-7;1-6(2)7-4-3-5-8-7;1-5(2)6-3-7-4-8-6;1-5(2)6-3-4-7-8-6;1-5(2)6-7-3-4-8-6/h4-7H,1-3H3;4*3-6H,1-2H3;5H,1-4H3;2*3-7H,1-2H3;4-6H,1-3H3;3-6H,1-2H3;3*3-5H,1-2H3. The summed E-state index contributed by atoms with van der Waals surface area (Å²) in [5.41, 5.74) is 10.4. The summed E-state index contributed by atoms with van der Waals surface area (Å²) in [5, 5.41) is 14.9. The molecule has 0 N–H and O–H groups in total.